The van der Waals surface area contributed by atoms with Gasteiger partial charge in [0.2, 0.25) is 0 Å². The van der Waals surface area contributed by atoms with E-state index < -0.39 is 0 Å². The second-order valence-electron chi connectivity index (χ2n) is 6.36. The average Bonchev–Trinajstić information content (AvgIpc) is 2.73. The Morgan fingerprint density at radius 3 is 2.64 bits per heavy atom. The third-order valence-electron chi connectivity index (χ3n) is 4.41. The van der Waals surface area contributed by atoms with E-state index in [1.54, 1.807) is 11.2 Å². The van der Waals surface area contributed by atoms with E-state index in [0.717, 1.165) is 33.4 Å². The van der Waals surface area contributed by atoms with Crippen molar-refractivity contribution in [1.29, 1.82) is 0 Å². The Morgan fingerprint density at radius 1 is 1.14 bits per heavy atom. The van der Waals surface area contributed by atoms with Crippen molar-refractivity contribution >= 4 is 28.8 Å². The molecule has 1 aromatic heterocycles. The van der Waals surface area contributed by atoms with Crippen LogP contribution in [0.15, 0.2) is 60.9 Å². The summed E-state index contributed by atoms with van der Waals surface area (Å²) in [5, 5.41) is 1.04. The SMILES string of the molecule is CCO/C=C/c1ccc2nc(N(C)CC(=O)OC)cc(-c3ccccc3)c2c1. The van der Waals surface area contributed by atoms with Gasteiger partial charge in [0.25, 0.3) is 0 Å². The quantitative estimate of drug-likeness (QED) is 0.448. The third kappa shape index (κ3) is 4.49. The summed E-state index contributed by atoms with van der Waals surface area (Å²) >= 11 is 0. The van der Waals surface area contributed by atoms with Crippen molar-refractivity contribution in [1.82, 2.24) is 4.98 Å². The summed E-state index contributed by atoms with van der Waals surface area (Å²) in [6.45, 7) is 2.73. The monoisotopic (exact) mass is 376 g/mol. The maximum absolute atomic E-state index is 11.7. The molecule has 2 aromatic carbocycles. The van der Waals surface area contributed by atoms with Crippen molar-refractivity contribution in [3.63, 3.8) is 0 Å². The highest BCUT2D eigenvalue weighted by Crippen LogP contribution is 2.32. The molecule has 0 aliphatic heterocycles. The molecule has 5 heteroatoms. The van der Waals surface area contributed by atoms with Crippen molar-refractivity contribution in [3.8, 4) is 11.1 Å². The Bertz CT molecular complexity index is 984. The van der Waals surface area contributed by atoms with Crippen molar-refractivity contribution in [2.45, 2.75) is 6.92 Å². The molecule has 0 saturated heterocycles. The van der Waals surface area contributed by atoms with E-state index in [9.17, 15) is 4.79 Å². The van der Waals surface area contributed by atoms with Crippen LogP contribution in [0.25, 0.3) is 28.1 Å². The number of likely N-dealkylation sites (N-methyl/N-ethyl adjacent to an activating group) is 1. The molecule has 0 bridgehead atoms. The van der Waals surface area contributed by atoms with Crippen LogP contribution in [0.5, 0.6) is 0 Å². The largest absolute Gasteiger partial charge is 0.501 e. The van der Waals surface area contributed by atoms with E-state index in [0.29, 0.717) is 6.61 Å². The molecule has 5 nitrogen and oxygen atoms in total. The lowest BCUT2D eigenvalue weighted by Gasteiger charge is -2.19. The standard InChI is InChI=1S/C23H24N2O3/c1-4-28-13-12-17-10-11-21-20(14-17)19(18-8-6-5-7-9-18)15-22(24-21)25(2)16-23(26)27-3/h5-15H,4,16H2,1-3H3/b13-12+. The van der Waals surface area contributed by atoms with Crippen LogP contribution in [0.3, 0.4) is 0 Å². The first-order chi connectivity index (χ1) is 13.6. The fourth-order valence-electron chi connectivity index (χ4n) is 2.95. The summed E-state index contributed by atoms with van der Waals surface area (Å²) in [6, 6.07) is 18.3. The van der Waals surface area contributed by atoms with Crippen LogP contribution in [-0.4, -0.2) is 38.3 Å². The molecule has 3 aromatic rings. The smallest absolute Gasteiger partial charge is 0.325 e. The van der Waals surface area contributed by atoms with E-state index in [2.05, 4.69) is 18.2 Å². The molecule has 3 rings (SSSR count). The number of ether oxygens (including phenoxy) is 2. The average molecular weight is 376 g/mol. The second kappa shape index (κ2) is 9.04. The van der Waals surface area contributed by atoms with Gasteiger partial charge >= 0.3 is 5.97 Å². The van der Waals surface area contributed by atoms with E-state index in [1.807, 2.05) is 56.4 Å². The van der Waals surface area contributed by atoms with Gasteiger partial charge < -0.3 is 14.4 Å². The van der Waals surface area contributed by atoms with Crippen LogP contribution in [0.2, 0.25) is 0 Å². The highest BCUT2D eigenvalue weighted by Gasteiger charge is 2.13. The van der Waals surface area contributed by atoms with Crippen LogP contribution < -0.4 is 4.90 Å². The molecule has 0 aliphatic carbocycles. The van der Waals surface area contributed by atoms with E-state index in [-0.39, 0.29) is 12.5 Å². The number of esters is 1. The first kappa shape index (κ1) is 19.4. The zero-order valence-corrected chi connectivity index (χ0v) is 16.4. The van der Waals surface area contributed by atoms with Gasteiger partial charge in [0, 0.05) is 12.4 Å². The summed E-state index contributed by atoms with van der Waals surface area (Å²) in [6.07, 6.45) is 3.64. The molecule has 144 valence electrons. The van der Waals surface area contributed by atoms with Crippen molar-refractivity contribution < 1.29 is 14.3 Å². The number of pyridine rings is 1. The zero-order chi connectivity index (χ0) is 19.9. The minimum absolute atomic E-state index is 0.137. The fraction of sp³-hybridized carbons (Fsp3) is 0.217. The Labute approximate surface area is 165 Å². The predicted octanol–water partition coefficient (Wildman–Crippen LogP) is 4.52. The Balaban J connectivity index is 2.11. The second-order valence-corrected chi connectivity index (χ2v) is 6.36. The molecule has 0 amide bonds. The van der Waals surface area contributed by atoms with E-state index >= 15 is 0 Å². The number of methoxy groups -OCH3 is 1. The minimum Gasteiger partial charge on any atom is -0.501 e. The zero-order valence-electron chi connectivity index (χ0n) is 16.4. The molecular formula is C23H24N2O3. The van der Waals surface area contributed by atoms with Crippen LogP contribution in [0.1, 0.15) is 12.5 Å². The van der Waals surface area contributed by atoms with E-state index in [1.165, 1.54) is 7.11 Å². The molecule has 0 fully saturated rings. The topological polar surface area (TPSA) is 51.7 Å². The van der Waals surface area contributed by atoms with Crippen molar-refractivity contribution in [2.24, 2.45) is 0 Å². The predicted molar refractivity (Wildman–Crippen MR) is 113 cm³/mol. The van der Waals surface area contributed by atoms with Gasteiger partial charge in [-0.1, -0.05) is 36.4 Å². The summed E-state index contributed by atoms with van der Waals surface area (Å²) < 4.78 is 10.1. The van der Waals surface area contributed by atoms with Crippen molar-refractivity contribution in [3.05, 3.63) is 66.4 Å². The van der Waals surface area contributed by atoms with Gasteiger partial charge in [-0.2, -0.15) is 0 Å². The van der Waals surface area contributed by atoms with Gasteiger partial charge in [-0.3, -0.25) is 4.79 Å². The number of hydrogen-bond acceptors (Lipinski definition) is 5. The minimum atomic E-state index is -0.304. The number of hydrogen-bond donors (Lipinski definition) is 0. The molecule has 1 heterocycles. The van der Waals surface area contributed by atoms with Gasteiger partial charge in [-0.15, -0.1) is 0 Å². The van der Waals surface area contributed by atoms with Gasteiger partial charge in [-0.25, -0.2) is 4.98 Å². The fourth-order valence-corrected chi connectivity index (χ4v) is 2.95. The van der Waals surface area contributed by atoms with Gasteiger partial charge in [0.1, 0.15) is 12.4 Å². The Morgan fingerprint density at radius 2 is 1.93 bits per heavy atom. The summed E-state index contributed by atoms with van der Waals surface area (Å²) in [7, 11) is 3.22. The Kier molecular flexibility index (Phi) is 6.27. The molecule has 0 unspecified atom stereocenters. The maximum Gasteiger partial charge on any atom is 0.325 e. The number of carbonyl (C=O) groups excluding carboxylic acids is 1. The third-order valence-corrected chi connectivity index (χ3v) is 4.41. The number of rotatable bonds is 7. The molecule has 0 atom stereocenters. The molecule has 0 saturated carbocycles. The number of carbonyl (C=O) groups is 1. The first-order valence-electron chi connectivity index (χ1n) is 9.18. The van der Waals surface area contributed by atoms with Crippen LogP contribution in [-0.2, 0) is 14.3 Å². The summed E-state index contributed by atoms with van der Waals surface area (Å²) in [5.41, 5.74) is 4.05. The first-order valence-corrected chi connectivity index (χ1v) is 9.18. The number of aromatic nitrogens is 1. The normalized spacial score (nSPS) is 11.0. The molecule has 0 N–H and O–H groups in total. The van der Waals surface area contributed by atoms with Gasteiger partial charge in [-0.05, 0) is 47.9 Å². The number of nitrogens with zero attached hydrogens (tertiary/aromatic N) is 2. The highest BCUT2D eigenvalue weighted by atomic mass is 16.5. The summed E-state index contributed by atoms with van der Waals surface area (Å²) in [4.78, 5) is 18.2. The molecule has 28 heavy (non-hydrogen) atoms. The lowest BCUT2D eigenvalue weighted by molar-refractivity contribution is -0.138. The lowest BCUT2D eigenvalue weighted by Crippen LogP contribution is -2.27. The number of fused-ring (bicyclic) bond motifs is 1. The molecular weight excluding hydrogens is 352 g/mol. The molecule has 0 radical (unpaired) electrons. The van der Waals surface area contributed by atoms with Crippen molar-refractivity contribution in [2.75, 3.05) is 32.2 Å². The van der Waals surface area contributed by atoms with Gasteiger partial charge in [0.05, 0.1) is 25.5 Å². The van der Waals surface area contributed by atoms with Crippen LogP contribution in [0.4, 0.5) is 5.82 Å². The van der Waals surface area contributed by atoms with Crippen LogP contribution >= 0.6 is 0 Å². The van der Waals surface area contributed by atoms with Crippen LogP contribution in [0, 0.1) is 0 Å². The lowest BCUT2D eigenvalue weighted by atomic mass is 9.99. The molecule has 0 spiro atoms. The number of benzene rings is 2. The summed E-state index contributed by atoms with van der Waals surface area (Å²) in [5.74, 6) is 0.413. The maximum atomic E-state index is 11.7. The van der Waals surface area contributed by atoms with Gasteiger partial charge in [0.15, 0.2) is 0 Å². The van der Waals surface area contributed by atoms with E-state index in [4.69, 9.17) is 14.5 Å². The molecule has 0 aliphatic rings. The number of anilines is 1. The Hall–Kier alpha value is -3.34. The highest BCUT2D eigenvalue weighted by molar-refractivity contribution is 5.97.